The molecule has 0 fully saturated rings. The van der Waals surface area contributed by atoms with Gasteiger partial charge in [0.1, 0.15) is 0 Å². The zero-order valence-electron chi connectivity index (χ0n) is 30.4. The maximum absolute atomic E-state index is 6.79. The van der Waals surface area contributed by atoms with Crippen LogP contribution in [0.3, 0.4) is 0 Å². The van der Waals surface area contributed by atoms with Gasteiger partial charge < -0.3 is 14.4 Å². The first-order valence-corrected chi connectivity index (χ1v) is 19.6. The number of hydrogen-bond acceptors (Lipinski definition) is 4. The minimum atomic E-state index is -0.125. The second-order valence-electron chi connectivity index (χ2n) is 14.9. The zero-order chi connectivity index (χ0) is 36.7. The Balaban J connectivity index is 0.959. The molecule has 1 aromatic heterocycles. The van der Waals surface area contributed by atoms with Crippen LogP contribution in [0.4, 0.5) is 17.1 Å². The van der Waals surface area contributed by atoms with Gasteiger partial charge in [0.2, 0.25) is 0 Å². The lowest BCUT2D eigenvalue weighted by Crippen LogP contribution is -2.15. The molecule has 0 bridgehead atoms. The molecular formula is C51H35NO2S. The van der Waals surface area contributed by atoms with E-state index < -0.39 is 0 Å². The van der Waals surface area contributed by atoms with Gasteiger partial charge in [-0.05, 0) is 106 Å². The highest BCUT2D eigenvalue weighted by molar-refractivity contribution is 7.25. The molecule has 1 aliphatic carbocycles. The van der Waals surface area contributed by atoms with E-state index in [1.165, 1.54) is 53.6 Å². The average Bonchev–Trinajstić information content (AvgIpc) is 3.70. The fraction of sp³-hybridized carbons (Fsp3) is 0.0588. The number of thiophene rings is 1. The molecule has 1 aliphatic heterocycles. The molecule has 9 aromatic rings. The predicted molar refractivity (Wildman–Crippen MR) is 229 cm³/mol. The molecule has 0 unspecified atom stereocenters. The highest BCUT2D eigenvalue weighted by Crippen LogP contribution is 2.56. The SMILES string of the molecule is CC1(C)c2ccccc2-c2cc3c(cc21)Oc1c(cccc1-c1ccc2sc4cc(N(c5ccccc5)c5ccc(-c6ccccc6)cc5)ccc4c2c1)O3. The van der Waals surface area contributed by atoms with E-state index >= 15 is 0 Å². The molecule has 55 heavy (non-hydrogen) atoms. The Labute approximate surface area is 324 Å². The molecule has 0 saturated heterocycles. The number of hydrogen-bond donors (Lipinski definition) is 0. The van der Waals surface area contributed by atoms with Crippen molar-refractivity contribution in [1.82, 2.24) is 0 Å². The fourth-order valence-electron chi connectivity index (χ4n) is 8.56. The van der Waals surface area contributed by atoms with Gasteiger partial charge in [0.25, 0.3) is 0 Å². The summed E-state index contributed by atoms with van der Waals surface area (Å²) < 4.78 is 15.9. The van der Waals surface area contributed by atoms with Gasteiger partial charge in [-0.1, -0.05) is 123 Å². The number of benzene rings is 8. The maximum atomic E-state index is 6.79. The van der Waals surface area contributed by atoms with Crippen molar-refractivity contribution in [2.75, 3.05) is 4.90 Å². The van der Waals surface area contributed by atoms with Gasteiger partial charge >= 0.3 is 0 Å². The van der Waals surface area contributed by atoms with Crippen LogP contribution in [0.1, 0.15) is 25.0 Å². The summed E-state index contributed by atoms with van der Waals surface area (Å²) in [6, 6.07) is 62.8. The summed E-state index contributed by atoms with van der Waals surface area (Å²) >= 11 is 1.83. The highest BCUT2D eigenvalue weighted by atomic mass is 32.1. The Kier molecular flexibility index (Phi) is 7.07. The minimum Gasteiger partial charge on any atom is -0.449 e. The lowest BCUT2D eigenvalue weighted by Gasteiger charge is -2.26. The summed E-state index contributed by atoms with van der Waals surface area (Å²) in [5, 5.41) is 2.47. The fourth-order valence-corrected chi connectivity index (χ4v) is 9.67. The van der Waals surface area contributed by atoms with Crippen LogP contribution in [0.25, 0.3) is 53.6 Å². The third-order valence-electron chi connectivity index (χ3n) is 11.3. The molecule has 262 valence electrons. The lowest BCUT2D eigenvalue weighted by molar-refractivity contribution is 0.360. The molecular weight excluding hydrogens is 691 g/mol. The molecule has 0 spiro atoms. The van der Waals surface area contributed by atoms with Crippen molar-refractivity contribution in [1.29, 1.82) is 0 Å². The van der Waals surface area contributed by atoms with Gasteiger partial charge in [-0.15, -0.1) is 11.3 Å². The van der Waals surface area contributed by atoms with E-state index in [2.05, 4.69) is 189 Å². The number of para-hydroxylation sites is 2. The van der Waals surface area contributed by atoms with Crippen LogP contribution in [0.5, 0.6) is 23.0 Å². The molecule has 0 amide bonds. The zero-order valence-corrected chi connectivity index (χ0v) is 31.2. The van der Waals surface area contributed by atoms with E-state index in [4.69, 9.17) is 9.47 Å². The number of fused-ring (bicyclic) bond motifs is 8. The molecule has 0 atom stereocenters. The predicted octanol–water partition coefficient (Wildman–Crippen LogP) is 15.1. The normalized spacial score (nSPS) is 13.3. The van der Waals surface area contributed by atoms with Crippen molar-refractivity contribution in [3.05, 3.63) is 187 Å². The van der Waals surface area contributed by atoms with Gasteiger partial charge in [-0.2, -0.15) is 0 Å². The van der Waals surface area contributed by atoms with Crippen molar-refractivity contribution in [2.24, 2.45) is 0 Å². The summed E-state index contributed by atoms with van der Waals surface area (Å²) in [5.41, 5.74) is 12.8. The second kappa shape index (κ2) is 12.2. The summed E-state index contributed by atoms with van der Waals surface area (Å²) in [6.07, 6.45) is 0. The quantitative estimate of drug-likeness (QED) is 0.176. The Morgan fingerprint density at radius 1 is 0.418 bits per heavy atom. The van der Waals surface area contributed by atoms with E-state index in [-0.39, 0.29) is 5.41 Å². The first kappa shape index (κ1) is 31.9. The first-order valence-electron chi connectivity index (χ1n) is 18.7. The van der Waals surface area contributed by atoms with Crippen LogP contribution in [-0.2, 0) is 5.41 Å². The maximum Gasteiger partial charge on any atom is 0.177 e. The van der Waals surface area contributed by atoms with Crippen molar-refractivity contribution >= 4 is 48.6 Å². The van der Waals surface area contributed by atoms with E-state index in [1.54, 1.807) is 0 Å². The number of anilines is 3. The van der Waals surface area contributed by atoms with E-state index in [0.29, 0.717) is 0 Å². The molecule has 3 nitrogen and oxygen atoms in total. The lowest BCUT2D eigenvalue weighted by atomic mass is 9.82. The van der Waals surface area contributed by atoms with Crippen LogP contribution in [0, 0.1) is 0 Å². The van der Waals surface area contributed by atoms with Crippen molar-refractivity contribution < 1.29 is 9.47 Å². The molecule has 8 aromatic carbocycles. The highest BCUT2D eigenvalue weighted by Gasteiger charge is 2.37. The molecule has 2 aliphatic rings. The monoisotopic (exact) mass is 725 g/mol. The molecule has 0 N–H and O–H groups in total. The number of nitrogens with zero attached hydrogens (tertiary/aromatic N) is 1. The Hall–Kier alpha value is -6.62. The molecule has 0 radical (unpaired) electrons. The van der Waals surface area contributed by atoms with Gasteiger partial charge in [0, 0.05) is 48.2 Å². The van der Waals surface area contributed by atoms with Gasteiger partial charge in [0.15, 0.2) is 23.0 Å². The number of ether oxygens (including phenoxy) is 2. The Morgan fingerprint density at radius 3 is 1.93 bits per heavy atom. The summed E-state index contributed by atoms with van der Waals surface area (Å²) in [4.78, 5) is 2.34. The van der Waals surface area contributed by atoms with E-state index in [0.717, 1.165) is 51.2 Å². The largest absolute Gasteiger partial charge is 0.449 e. The van der Waals surface area contributed by atoms with Crippen molar-refractivity contribution in [2.45, 2.75) is 19.3 Å². The Morgan fingerprint density at radius 2 is 1.09 bits per heavy atom. The first-order chi connectivity index (χ1) is 27.0. The third-order valence-corrected chi connectivity index (χ3v) is 12.5. The van der Waals surface area contributed by atoms with Gasteiger partial charge in [-0.3, -0.25) is 0 Å². The van der Waals surface area contributed by atoms with E-state index in [1.807, 2.05) is 17.4 Å². The summed E-state index contributed by atoms with van der Waals surface area (Å²) in [7, 11) is 0. The van der Waals surface area contributed by atoms with Gasteiger partial charge in [-0.25, -0.2) is 0 Å². The topological polar surface area (TPSA) is 21.7 Å². The van der Waals surface area contributed by atoms with E-state index in [9.17, 15) is 0 Å². The van der Waals surface area contributed by atoms with Crippen LogP contribution in [0.2, 0.25) is 0 Å². The molecule has 2 heterocycles. The molecule has 0 saturated carbocycles. The Bertz CT molecular complexity index is 2950. The minimum absolute atomic E-state index is 0.125. The van der Waals surface area contributed by atoms with Crippen molar-refractivity contribution in [3.8, 4) is 56.4 Å². The number of rotatable bonds is 5. The smallest absolute Gasteiger partial charge is 0.177 e. The standard InChI is InChI=1S/C51H35NO2S/c1-51(2)43-18-10-9-16-39(43)41-30-46-47(31-44(41)51)54-50-38(17-11-19-45(50)53-46)34-22-27-48-42(28-34)40-26-25-37(29-49(40)55-48)52(35-14-7-4-8-15-35)36-23-20-33(21-24-36)32-12-5-3-6-13-32/h3-31H,1-2H3. The third kappa shape index (κ3) is 5.10. The summed E-state index contributed by atoms with van der Waals surface area (Å²) in [6.45, 7) is 4.58. The van der Waals surface area contributed by atoms with Crippen LogP contribution in [-0.4, -0.2) is 0 Å². The molecule has 4 heteroatoms. The summed E-state index contributed by atoms with van der Waals surface area (Å²) in [5.74, 6) is 2.99. The second-order valence-corrected chi connectivity index (χ2v) is 16.0. The molecule has 11 rings (SSSR count). The van der Waals surface area contributed by atoms with Crippen molar-refractivity contribution in [3.63, 3.8) is 0 Å². The van der Waals surface area contributed by atoms with Crippen LogP contribution >= 0.6 is 11.3 Å². The van der Waals surface area contributed by atoms with Crippen LogP contribution in [0.15, 0.2) is 176 Å². The van der Waals surface area contributed by atoms with Gasteiger partial charge in [0.05, 0.1) is 0 Å². The van der Waals surface area contributed by atoms with Crippen LogP contribution < -0.4 is 14.4 Å². The average molecular weight is 726 g/mol.